The van der Waals surface area contributed by atoms with Gasteiger partial charge >= 0.3 is 18.1 Å². The maximum absolute atomic E-state index is 12.1. The SMILES string of the molecule is O=C(O)C(F)(F)F.O=C(O)CCSSCCNC(=O)c1ccc2scc(Br)c2c1. The number of carbonyl (C=O) groups excluding carboxylic acids is 1. The molecule has 0 saturated heterocycles. The van der Waals surface area contributed by atoms with E-state index in [0.29, 0.717) is 17.9 Å². The fraction of sp³-hybridized carbons (Fsp3) is 0.312. The largest absolute Gasteiger partial charge is 0.490 e. The lowest BCUT2D eigenvalue weighted by atomic mass is 10.1. The lowest BCUT2D eigenvalue weighted by Crippen LogP contribution is -2.25. The summed E-state index contributed by atoms with van der Waals surface area (Å²) in [6, 6.07) is 5.67. The molecule has 160 valence electrons. The summed E-state index contributed by atoms with van der Waals surface area (Å²) >= 11 is 5.12. The molecule has 0 unspecified atom stereocenters. The molecule has 0 atom stereocenters. The van der Waals surface area contributed by atoms with E-state index in [2.05, 4.69) is 21.2 Å². The van der Waals surface area contributed by atoms with Crippen LogP contribution >= 0.6 is 48.9 Å². The molecule has 0 radical (unpaired) electrons. The van der Waals surface area contributed by atoms with Crippen LogP contribution in [0.25, 0.3) is 10.1 Å². The van der Waals surface area contributed by atoms with Crippen molar-refractivity contribution in [2.24, 2.45) is 0 Å². The summed E-state index contributed by atoms with van der Waals surface area (Å²) in [4.78, 5) is 31.3. The average Bonchev–Trinajstić information content (AvgIpc) is 3.00. The van der Waals surface area contributed by atoms with Crippen LogP contribution < -0.4 is 5.32 Å². The van der Waals surface area contributed by atoms with Crippen LogP contribution in [0.3, 0.4) is 0 Å². The first kappa shape index (κ1) is 25.6. The number of alkyl halides is 3. The van der Waals surface area contributed by atoms with E-state index in [-0.39, 0.29) is 12.3 Å². The number of hydrogen-bond acceptors (Lipinski definition) is 6. The van der Waals surface area contributed by atoms with Crippen molar-refractivity contribution in [3.05, 3.63) is 33.6 Å². The van der Waals surface area contributed by atoms with Gasteiger partial charge in [0.25, 0.3) is 5.91 Å². The molecule has 6 nitrogen and oxygen atoms in total. The Labute approximate surface area is 183 Å². The normalized spacial score (nSPS) is 10.9. The highest BCUT2D eigenvalue weighted by Crippen LogP contribution is 2.30. The van der Waals surface area contributed by atoms with Gasteiger partial charge in [-0.1, -0.05) is 21.6 Å². The average molecular weight is 534 g/mol. The summed E-state index contributed by atoms with van der Waals surface area (Å²) in [5.74, 6) is -2.29. The van der Waals surface area contributed by atoms with Gasteiger partial charge in [0.2, 0.25) is 0 Å². The van der Waals surface area contributed by atoms with Gasteiger partial charge in [0.1, 0.15) is 0 Å². The summed E-state index contributed by atoms with van der Waals surface area (Å²) in [6.07, 6.45) is -4.92. The van der Waals surface area contributed by atoms with E-state index in [1.165, 1.54) is 10.8 Å². The van der Waals surface area contributed by atoms with Gasteiger partial charge in [-0.2, -0.15) is 13.2 Å². The summed E-state index contributed by atoms with van der Waals surface area (Å²) in [7, 11) is 3.09. The van der Waals surface area contributed by atoms with Crippen LogP contribution in [-0.2, 0) is 9.59 Å². The second-order valence-corrected chi connectivity index (χ2v) is 9.61. The molecule has 0 aliphatic heterocycles. The highest BCUT2D eigenvalue weighted by molar-refractivity contribution is 9.10. The van der Waals surface area contributed by atoms with Crippen LogP contribution in [0.15, 0.2) is 28.1 Å². The Hall–Kier alpha value is -1.44. The zero-order valence-electron chi connectivity index (χ0n) is 14.5. The molecule has 0 bridgehead atoms. The Morgan fingerprint density at radius 1 is 1.14 bits per heavy atom. The summed E-state index contributed by atoms with van der Waals surface area (Å²) < 4.78 is 33.9. The first-order valence-electron chi connectivity index (χ1n) is 7.73. The summed E-state index contributed by atoms with van der Waals surface area (Å²) in [5, 5.41) is 21.6. The van der Waals surface area contributed by atoms with Gasteiger partial charge in [0.15, 0.2) is 0 Å². The number of carbonyl (C=O) groups is 3. The number of rotatable bonds is 8. The van der Waals surface area contributed by atoms with E-state index in [9.17, 15) is 22.8 Å². The number of halogens is 4. The lowest BCUT2D eigenvalue weighted by Gasteiger charge is -2.05. The molecule has 13 heteroatoms. The van der Waals surface area contributed by atoms with Crippen LogP contribution in [0.1, 0.15) is 16.8 Å². The van der Waals surface area contributed by atoms with Crippen LogP contribution in [0, 0.1) is 0 Å². The minimum atomic E-state index is -5.08. The molecule has 2 rings (SSSR count). The van der Waals surface area contributed by atoms with Crippen LogP contribution in [0.2, 0.25) is 0 Å². The third-order valence-corrected chi connectivity index (χ3v) is 7.32. The molecule has 1 aromatic heterocycles. The van der Waals surface area contributed by atoms with Gasteiger partial charge in [-0.25, -0.2) is 4.79 Å². The molecule has 1 aromatic carbocycles. The molecule has 0 fully saturated rings. The number of thiophene rings is 1. The zero-order chi connectivity index (χ0) is 22.0. The van der Waals surface area contributed by atoms with Gasteiger partial charge in [0, 0.05) is 43.6 Å². The van der Waals surface area contributed by atoms with E-state index >= 15 is 0 Å². The van der Waals surface area contributed by atoms with Crippen molar-refractivity contribution in [3.63, 3.8) is 0 Å². The molecule has 0 aliphatic carbocycles. The number of aliphatic carboxylic acids is 2. The van der Waals surface area contributed by atoms with E-state index in [4.69, 9.17) is 15.0 Å². The third kappa shape index (κ3) is 9.74. The van der Waals surface area contributed by atoms with E-state index < -0.39 is 18.1 Å². The highest BCUT2D eigenvalue weighted by Gasteiger charge is 2.38. The maximum Gasteiger partial charge on any atom is 0.490 e. The number of amides is 1. The minimum absolute atomic E-state index is 0.0869. The maximum atomic E-state index is 12.1. The number of fused-ring (bicyclic) bond motifs is 1. The number of benzene rings is 1. The van der Waals surface area contributed by atoms with E-state index in [1.54, 1.807) is 22.1 Å². The molecule has 0 saturated carbocycles. The Balaban J connectivity index is 0.000000516. The first-order valence-corrected chi connectivity index (χ1v) is 11.9. The van der Waals surface area contributed by atoms with Crippen molar-refractivity contribution in [2.75, 3.05) is 18.1 Å². The zero-order valence-corrected chi connectivity index (χ0v) is 18.5. The van der Waals surface area contributed by atoms with Gasteiger partial charge in [0.05, 0.1) is 6.42 Å². The van der Waals surface area contributed by atoms with Gasteiger partial charge < -0.3 is 15.5 Å². The lowest BCUT2D eigenvalue weighted by molar-refractivity contribution is -0.192. The van der Waals surface area contributed by atoms with Crippen molar-refractivity contribution in [3.8, 4) is 0 Å². The van der Waals surface area contributed by atoms with Gasteiger partial charge in [-0.3, -0.25) is 9.59 Å². The second-order valence-electron chi connectivity index (χ2n) is 5.14. The molecular formula is C16H15BrF3NO5S3. The first-order chi connectivity index (χ1) is 13.5. The molecule has 1 amide bonds. The Kier molecular flexibility index (Phi) is 10.9. The molecule has 3 N–H and O–H groups in total. The Morgan fingerprint density at radius 3 is 2.34 bits per heavy atom. The number of hydrogen-bond donors (Lipinski definition) is 3. The standard InChI is InChI=1S/C14H14BrNO3S3.C2HF3O2/c15-11-8-20-12-2-1-9(7-10(11)12)14(19)16-4-6-22-21-5-3-13(17)18;3-2(4,5)1(6)7/h1-2,7-8H,3-6H2,(H,16,19)(H,17,18);(H,6,7). The predicted octanol–water partition coefficient (Wildman–Crippen LogP) is 4.88. The van der Waals surface area contributed by atoms with E-state index in [1.807, 2.05) is 23.6 Å². The van der Waals surface area contributed by atoms with E-state index in [0.717, 1.165) is 20.3 Å². The molecule has 1 heterocycles. The van der Waals surface area contributed by atoms with Crippen molar-refractivity contribution in [1.82, 2.24) is 5.32 Å². The van der Waals surface area contributed by atoms with Crippen LogP contribution in [0.4, 0.5) is 13.2 Å². The van der Waals surface area contributed by atoms with Gasteiger partial charge in [-0.05, 0) is 34.1 Å². The topological polar surface area (TPSA) is 104 Å². The van der Waals surface area contributed by atoms with Crippen molar-refractivity contribution < 1.29 is 37.8 Å². The molecular weight excluding hydrogens is 519 g/mol. The second kappa shape index (κ2) is 12.3. The number of nitrogens with one attached hydrogen (secondary N) is 1. The third-order valence-electron chi connectivity index (χ3n) is 2.98. The smallest absolute Gasteiger partial charge is 0.481 e. The molecule has 0 aliphatic rings. The van der Waals surface area contributed by atoms with Crippen molar-refractivity contribution >= 4 is 76.8 Å². The Morgan fingerprint density at radius 2 is 1.76 bits per heavy atom. The summed E-state index contributed by atoms with van der Waals surface area (Å²) in [5.41, 5.74) is 0.648. The molecule has 2 aromatic rings. The summed E-state index contributed by atoms with van der Waals surface area (Å²) in [6.45, 7) is 0.562. The molecule has 0 spiro atoms. The quantitative estimate of drug-likeness (QED) is 0.328. The fourth-order valence-electron chi connectivity index (χ4n) is 1.69. The fourth-order valence-corrected chi connectivity index (χ4v) is 5.12. The number of carboxylic acids is 2. The minimum Gasteiger partial charge on any atom is -0.481 e. The van der Waals surface area contributed by atoms with Crippen molar-refractivity contribution in [2.45, 2.75) is 12.6 Å². The highest BCUT2D eigenvalue weighted by atomic mass is 79.9. The Bertz CT molecular complexity index is 860. The molecule has 29 heavy (non-hydrogen) atoms. The van der Waals surface area contributed by atoms with Gasteiger partial charge in [-0.15, -0.1) is 11.3 Å². The number of carboxylic acid groups (broad SMARTS) is 2. The van der Waals surface area contributed by atoms with Crippen LogP contribution in [0.5, 0.6) is 0 Å². The van der Waals surface area contributed by atoms with Crippen LogP contribution in [-0.4, -0.2) is 52.3 Å². The van der Waals surface area contributed by atoms with Crippen molar-refractivity contribution in [1.29, 1.82) is 0 Å². The predicted molar refractivity (Wildman–Crippen MR) is 113 cm³/mol. The monoisotopic (exact) mass is 533 g/mol.